The minimum absolute atomic E-state index is 0.213. The Hall–Kier alpha value is -2.05. The van der Waals surface area contributed by atoms with E-state index in [9.17, 15) is 9.90 Å². The highest BCUT2D eigenvalue weighted by molar-refractivity contribution is 6.30. The predicted molar refractivity (Wildman–Crippen MR) is 87.2 cm³/mol. The van der Waals surface area contributed by atoms with Gasteiger partial charge in [0.05, 0.1) is 24.9 Å². The summed E-state index contributed by atoms with van der Waals surface area (Å²) in [6, 6.07) is 7.84. The zero-order chi connectivity index (χ0) is 16.8. The maximum atomic E-state index is 11.9. The van der Waals surface area contributed by atoms with Crippen molar-refractivity contribution in [3.63, 3.8) is 0 Å². The van der Waals surface area contributed by atoms with E-state index in [1.54, 1.807) is 24.3 Å². The molecule has 3 N–H and O–H groups in total. The molecule has 0 fully saturated rings. The number of aromatic nitrogens is 1. The van der Waals surface area contributed by atoms with Crippen molar-refractivity contribution >= 4 is 17.6 Å². The summed E-state index contributed by atoms with van der Waals surface area (Å²) in [7, 11) is 0. The minimum atomic E-state index is -0.506. The van der Waals surface area contributed by atoms with Crippen LogP contribution in [0.4, 0.5) is 4.79 Å². The normalized spacial score (nSPS) is 12.2. The molecular formula is C16H20ClN3O3. The van der Waals surface area contributed by atoms with Crippen molar-refractivity contribution in [2.24, 2.45) is 0 Å². The molecule has 0 saturated heterocycles. The van der Waals surface area contributed by atoms with Crippen molar-refractivity contribution in [2.75, 3.05) is 6.61 Å². The quantitative estimate of drug-likeness (QED) is 0.756. The largest absolute Gasteiger partial charge is 0.394 e. The lowest BCUT2D eigenvalue weighted by Crippen LogP contribution is -2.38. The van der Waals surface area contributed by atoms with Gasteiger partial charge in [0, 0.05) is 11.1 Å². The van der Waals surface area contributed by atoms with Crippen molar-refractivity contribution < 1.29 is 14.4 Å². The number of nitrogens with one attached hydrogen (secondary N) is 2. The number of nitrogens with zero attached hydrogens (tertiary/aromatic N) is 1. The van der Waals surface area contributed by atoms with E-state index >= 15 is 0 Å². The number of carbonyl (C=O) groups excluding carboxylic acids is 1. The van der Waals surface area contributed by atoms with E-state index in [0.717, 1.165) is 11.3 Å². The summed E-state index contributed by atoms with van der Waals surface area (Å²) in [5, 5.41) is 19.3. The Labute approximate surface area is 139 Å². The van der Waals surface area contributed by atoms with Crippen LogP contribution in [0.2, 0.25) is 5.02 Å². The second kappa shape index (κ2) is 7.99. The van der Waals surface area contributed by atoms with E-state index in [1.165, 1.54) is 0 Å². The lowest BCUT2D eigenvalue weighted by Gasteiger charge is -2.17. The summed E-state index contributed by atoms with van der Waals surface area (Å²) in [6.45, 7) is 4.04. The van der Waals surface area contributed by atoms with Crippen LogP contribution in [0.15, 0.2) is 34.9 Å². The van der Waals surface area contributed by atoms with Gasteiger partial charge >= 0.3 is 6.03 Å². The highest BCUT2D eigenvalue weighted by atomic mass is 35.5. The third-order valence-corrected chi connectivity index (χ3v) is 3.60. The first-order valence-corrected chi connectivity index (χ1v) is 7.73. The number of benzene rings is 1. The van der Waals surface area contributed by atoms with Gasteiger partial charge in [-0.2, -0.15) is 0 Å². The SMILES string of the molecule is CC(C)c1cc(CNC(=O)NC(CO)c2ccc(Cl)cc2)on1. The van der Waals surface area contributed by atoms with Gasteiger partial charge in [0.2, 0.25) is 0 Å². The lowest BCUT2D eigenvalue weighted by molar-refractivity contribution is 0.215. The van der Waals surface area contributed by atoms with Crippen molar-refractivity contribution in [1.82, 2.24) is 15.8 Å². The number of halogens is 1. The Morgan fingerprint density at radius 1 is 1.35 bits per heavy atom. The fourth-order valence-electron chi connectivity index (χ4n) is 1.99. The average Bonchev–Trinajstić information content (AvgIpc) is 3.01. The second-order valence-electron chi connectivity index (χ2n) is 5.49. The van der Waals surface area contributed by atoms with Gasteiger partial charge < -0.3 is 20.3 Å². The molecule has 23 heavy (non-hydrogen) atoms. The van der Waals surface area contributed by atoms with Crippen molar-refractivity contribution in [2.45, 2.75) is 32.4 Å². The second-order valence-corrected chi connectivity index (χ2v) is 5.92. The fourth-order valence-corrected chi connectivity index (χ4v) is 2.12. The monoisotopic (exact) mass is 337 g/mol. The van der Waals surface area contributed by atoms with Crippen molar-refractivity contribution in [3.05, 3.63) is 52.4 Å². The standard InChI is InChI=1S/C16H20ClN3O3/c1-10(2)14-7-13(23-20-14)8-18-16(22)19-15(9-21)11-3-5-12(17)6-4-11/h3-7,10,15,21H,8-9H2,1-2H3,(H2,18,19,22). The lowest BCUT2D eigenvalue weighted by atomic mass is 10.1. The van der Waals surface area contributed by atoms with E-state index in [2.05, 4.69) is 15.8 Å². The summed E-state index contributed by atoms with van der Waals surface area (Å²) >= 11 is 5.83. The molecule has 0 bridgehead atoms. The van der Waals surface area contributed by atoms with Crippen LogP contribution in [-0.4, -0.2) is 22.9 Å². The molecule has 0 radical (unpaired) electrons. The van der Waals surface area contributed by atoms with Gasteiger partial charge in [0.15, 0.2) is 5.76 Å². The molecule has 0 aliphatic rings. The Balaban J connectivity index is 1.88. The number of carbonyl (C=O) groups is 1. The third kappa shape index (κ3) is 4.97. The number of rotatable bonds is 6. The molecule has 1 aromatic carbocycles. The van der Waals surface area contributed by atoms with Gasteiger partial charge in [0.25, 0.3) is 0 Å². The third-order valence-electron chi connectivity index (χ3n) is 3.35. The Morgan fingerprint density at radius 3 is 2.61 bits per heavy atom. The number of hydrogen-bond acceptors (Lipinski definition) is 4. The molecule has 0 aliphatic carbocycles. The van der Waals surface area contributed by atoms with Gasteiger partial charge in [-0.25, -0.2) is 4.79 Å². The molecule has 7 heteroatoms. The van der Waals surface area contributed by atoms with Crippen LogP contribution in [-0.2, 0) is 6.54 Å². The van der Waals surface area contributed by atoms with Gasteiger partial charge in [-0.05, 0) is 23.6 Å². The van der Waals surface area contributed by atoms with Gasteiger partial charge in [-0.1, -0.05) is 42.7 Å². The number of hydrogen-bond donors (Lipinski definition) is 3. The summed E-state index contributed by atoms with van der Waals surface area (Å²) in [5.41, 5.74) is 1.62. The molecule has 0 spiro atoms. The summed E-state index contributed by atoms with van der Waals surface area (Å²) in [5.74, 6) is 0.848. The van der Waals surface area contributed by atoms with Crippen LogP contribution in [0.3, 0.4) is 0 Å². The highest BCUT2D eigenvalue weighted by Crippen LogP contribution is 2.16. The molecule has 1 atom stereocenters. The molecule has 0 saturated carbocycles. The van der Waals surface area contributed by atoms with Crippen LogP contribution in [0.5, 0.6) is 0 Å². The summed E-state index contributed by atoms with van der Waals surface area (Å²) in [6.07, 6.45) is 0. The summed E-state index contributed by atoms with van der Waals surface area (Å²) < 4.78 is 5.15. The van der Waals surface area contributed by atoms with Crippen LogP contribution < -0.4 is 10.6 Å². The maximum Gasteiger partial charge on any atom is 0.315 e. The van der Waals surface area contributed by atoms with Crippen LogP contribution in [0, 0.1) is 0 Å². The molecule has 1 aromatic heterocycles. The predicted octanol–water partition coefficient (Wildman–Crippen LogP) is 2.98. The van der Waals surface area contributed by atoms with Crippen molar-refractivity contribution in [3.8, 4) is 0 Å². The molecular weight excluding hydrogens is 318 g/mol. The molecule has 0 aliphatic heterocycles. The molecule has 1 unspecified atom stereocenters. The Kier molecular flexibility index (Phi) is 6.01. The van der Waals surface area contributed by atoms with E-state index in [1.807, 2.05) is 19.9 Å². The minimum Gasteiger partial charge on any atom is -0.394 e. The number of aliphatic hydroxyl groups is 1. The molecule has 124 valence electrons. The Morgan fingerprint density at radius 2 is 2.04 bits per heavy atom. The first kappa shape index (κ1) is 17.3. The topological polar surface area (TPSA) is 87.4 Å². The van der Waals surface area contributed by atoms with Crippen LogP contribution in [0.25, 0.3) is 0 Å². The van der Waals surface area contributed by atoms with Crippen LogP contribution >= 0.6 is 11.6 Å². The van der Waals surface area contributed by atoms with Crippen LogP contribution in [0.1, 0.15) is 42.8 Å². The smallest absolute Gasteiger partial charge is 0.315 e. The zero-order valence-corrected chi connectivity index (χ0v) is 13.8. The Bertz CT molecular complexity index is 640. The molecule has 6 nitrogen and oxygen atoms in total. The van der Waals surface area contributed by atoms with E-state index in [0.29, 0.717) is 10.8 Å². The number of aliphatic hydroxyl groups excluding tert-OH is 1. The molecule has 1 heterocycles. The van der Waals surface area contributed by atoms with E-state index in [4.69, 9.17) is 16.1 Å². The number of urea groups is 1. The first-order valence-electron chi connectivity index (χ1n) is 7.35. The summed E-state index contributed by atoms with van der Waals surface area (Å²) in [4.78, 5) is 11.9. The van der Waals surface area contributed by atoms with Crippen molar-refractivity contribution in [1.29, 1.82) is 0 Å². The zero-order valence-electron chi connectivity index (χ0n) is 13.0. The molecule has 2 amide bonds. The van der Waals surface area contributed by atoms with Gasteiger partial charge in [0.1, 0.15) is 0 Å². The average molecular weight is 338 g/mol. The van der Waals surface area contributed by atoms with Gasteiger partial charge in [-0.3, -0.25) is 0 Å². The highest BCUT2D eigenvalue weighted by Gasteiger charge is 2.14. The number of amides is 2. The fraction of sp³-hybridized carbons (Fsp3) is 0.375. The first-order chi connectivity index (χ1) is 11.0. The maximum absolute atomic E-state index is 11.9. The molecule has 2 aromatic rings. The van der Waals surface area contributed by atoms with E-state index < -0.39 is 12.1 Å². The van der Waals surface area contributed by atoms with E-state index in [-0.39, 0.29) is 19.1 Å². The van der Waals surface area contributed by atoms with Gasteiger partial charge in [-0.15, -0.1) is 0 Å². The molecule has 2 rings (SSSR count).